The van der Waals surface area contributed by atoms with Crippen LogP contribution in [0, 0.1) is 9.81 Å². The zero-order valence-corrected chi connectivity index (χ0v) is 11.9. The largest absolute Gasteiger partial charge is 0.395 e. The predicted molar refractivity (Wildman–Crippen MR) is 72.3 cm³/mol. The molecule has 11 nitrogen and oxygen atoms in total. The molecular formula is C9H16N4O7S. The van der Waals surface area contributed by atoms with Gasteiger partial charge in [0.05, 0.1) is 19.7 Å². The van der Waals surface area contributed by atoms with E-state index in [4.69, 9.17) is 9.66 Å². The van der Waals surface area contributed by atoms with Crippen LogP contribution in [-0.2, 0) is 20.7 Å². The summed E-state index contributed by atoms with van der Waals surface area (Å²) in [5.74, 6) is -2.27. The van der Waals surface area contributed by atoms with Crippen molar-refractivity contribution in [1.29, 1.82) is 0 Å². The maximum absolute atomic E-state index is 11.0. The third-order valence-corrected chi connectivity index (χ3v) is 2.95. The first-order valence-electron chi connectivity index (χ1n) is 5.78. The van der Waals surface area contributed by atoms with Gasteiger partial charge in [-0.25, -0.2) is 4.21 Å². The SMILES string of the molecule is O=NC(=O)CN(CCN(CCO)CS(=O)O)CC(=O)N=O. The number of nitroso groups, excluding NO2 is 2. The highest BCUT2D eigenvalue weighted by Gasteiger charge is 2.17. The smallest absolute Gasteiger partial charge is 0.300 e. The normalized spacial score (nSPS) is 12.4. The molecule has 0 bridgehead atoms. The van der Waals surface area contributed by atoms with Gasteiger partial charge in [-0.2, -0.15) is 0 Å². The number of carbonyl (C=O) groups excluding carboxylic acids is 2. The average molecular weight is 324 g/mol. The van der Waals surface area contributed by atoms with Crippen LogP contribution >= 0.6 is 0 Å². The van der Waals surface area contributed by atoms with Crippen molar-refractivity contribution >= 4 is 22.9 Å². The van der Waals surface area contributed by atoms with Crippen LogP contribution in [0.3, 0.4) is 0 Å². The van der Waals surface area contributed by atoms with E-state index in [2.05, 4.69) is 10.4 Å². The summed E-state index contributed by atoms with van der Waals surface area (Å²) in [6.07, 6.45) is 0. The van der Waals surface area contributed by atoms with Crippen LogP contribution in [-0.4, -0.2) is 80.7 Å². The standard InChI is InChI=1S/C9H16N4O7S/c14-4-3-12(7-21(19)20)1-2-13(5-8(15)10-17)6-9(16)11-18/h14H,1-7H2,(H,19,20). The molecule has 0 aromatic heterocycles. The molecule has 2 N–H and O–H groups in total. The molecule has 0 saturated heterocycles. The molecule has 0 saturated carbocycles. The minimum absolute atomic E-state index is 0.0414. The van der Waals surface area contributed by atoms with Crippen LogP contribution in [0.1, 0.15) is 0 Å². The lowest BCUT2D eigenvalue weighted by Gasteiger charge is -2.24. The van der Waals surface area contributed by atoms with Crippen LogP contribution in [0.4, 0.5) is 0 Å². The Morgan fingerprint density at radius 2 is 1.43 bits per heavy atom. The van der Waals surface area contributed by atoms with E-state index in [1.54, 1.807) is 0 Å². The van der Waals surface area contributed by atoms with Crippen LogP contribution in [0.2, 0.25) is 0 Å². The van der Waals surface area contributed by atoms with E-state index in [1.165, 1.54) is 4.90 Å². The van der Waals surface area contributed by atoms with Gasteiger partial charge in [0, 0.05) is 30.0 Å². The van der Waals surface area contributed by atoms with Crippen LogP contribution < -0.4 is 0 Å². The number of amides is 2. The van der Waals surface area contributed by atoms with E-state index in [9.17, 15) is 23.6 Å². The topological polar surface area (TPSA) is 157 Å². The van der Waals surface area contributed by atoms with Gasteiger partial charge < -0.3 is 9.66 Å². The average Bonchev–Trinajstić information content (AvgIpc) is 2.43. The van der Waals surface area contributed by atoms with Gasteiger partial charge >= 0.3 is 0 Å². The van der Waals surface area contributed by atoms with Crippen molar-refractivity contribution in [2.45, 2.75) is 0 Å². The first-order valence-corrected chi connectivity index (χ1v) is 7.06. The number of nitrogens with zero attached hydrogens (tertiary/aromatic N) is 4. The summed E-state index contributed by atoms with van der Waals surface area (Å²) in [6.45, 7) is -0.911. The second-order valence-corrected chi connectivity index (χ2v) is 4.87. The van der Waals surface area contributed by atoms with Crippen LogP contribution in [0.5, 0.6) is 0 Å². The summed E-state index contributed by atoms with van der Waals surface area (Å²) in [7, 11) is 0. The van der Waals surface area contributed by atoms with E-state index >= 15 is 0 Å². The number of rotatable bonds is 11. The number of aliphatic hydroxyl groups is 1. The Kier molecular flexibility index (Phi) is 10.4. The third kappa shape index (κ3) is 9.97. The Morgan fingerprint density at radius 3 is 1.81 bits per heavy atom. The van der Waals surface area contributed by atoms with E-state index in [0.717, 1.165) is 4.90 Å². The van der Waals surface area contributed by atoms with Crippen molar-refractivity contribution in [3.8, 4) is 0 Å². The third-order valence-electron chi connectivity index (χ3n) is 2.36. The molecule has 120 valence electrons. The highest BCUT2D eigenvalue weighted by Crippen LogP contribution is 1.96. The van der Waals surface area contributed by atoms with Gasteiger partial charge in [0.15, 0.2) is 11.1 Å². The molecule has 0 rings (SSSR count). The van der Waals surface area contributed by atoms with E-state index in [-0.39, 0.29) is 32.1 Å². The van der Waals surface area contributed by atoms with Crippen molar-refractivity contribution in [3.05, 3.63) is 9.81 Å². The van der Waals surface area contributed by atoms with Gasteiger partial charge in [0.1, 0.15) is 5.88 Å². The quantitative estimate of drug-likeness (QED) is 0.335. The number of hydrogen-bond acceptors (Lipinski definition) is 8. The van der Waals surface area contributed by atoms with E-state index in [1.807, 2.05) is 0 Å². The van der Waals surface area contributed by atoms with Crippen molar-refractivity contribution in [2.24, 2.45) is 10.4 Å². The lowest BCUT2D eigenvalue weighted by Crippen LogP contribution is -2.41. The summed E-state index contributed by atoms with van der Waals surface area (Å²) in [5.41, 5.74) is 0. The zero-order valence-electron chi connectivity index (χ0n) is 11.1. The predicted octanol–water partition coefficient (Wildman–Crippen LogP) is -1.65. The molecule has 0 fully saturated rings. The fourth-order valence-electron chi connectivity index (χ4n) is 1.48. The molecule has 12 heteroatoms. The molecule has 2 amide bonds. The second-order valence-electron chi connectivity index (χ2n) is 3.97. The first kappa shape index (κ1) is 19.5. The van der Waals surface area contributed by atoms with Gasteiger partial charge in [-0.1, -0.05) is 0 Å². The Labute approximate surface area is 122 Å². The molecule has 0 aromatic carbocycles. The molecule has 0 aromatic rings. The molecule has 1 atom stereocenters. The second kappa shape index (κ2) is 11.2. The first-order chi connectivity index (χ1) is 9.92. The molecular weight excluding hydrogens is 308 g/mol. The van der Waals surface area contributed by atoms with Crippen LogP contribution in [0.15, 0.2) is 10.4 Å². The maximum atomic E-state index is 11.0. The summed E-state index contributed by atoms with van der Waals surface area (Å²) in [5, 5.41) is 13.2. The monoisotopic (exact) mass is 324 g/mol. The molecule has 0 aliphatic rings. The Balaban J connectivity index is 4.57. The van der Waals surface area contributed by atoms with Crippen molar-refractivity contribution < 1.29 is 23.5 Å². The van der Waals surface area contributed by atoms with Gasteiger partial charge in [-0.15, -0.1) is 9.81 Å². The van der Waals surface area contributed by atoms with Crippen molar-refractivity contribution in [3.63, 3.8) is 0 Å². The summed E-state index contributed by atoms with van der Waals surface area (Å²) in [4.78, 5) is 44.6. The molecule has 21 heavy (non-hydrogen) atoms. The summed E-state index contributed by atoms with van der Waals surface area (Å²) >= 11 is -2.11. The van der Waals surface area contributed by atoms with E-state index < -0.39 is 36.0 Å². The number of aliphatic hydroxyl groups excluding tert-OH is 1. The lowest BCUT2D eigenvalue weighted by atomic mass is 10.4. The highest BCUT2D eigenvalue weighted by atomic mass is 32.2. The number of hydrogen-bond donors (Lipinski definition) is 2. The summed E-state index contributed by atoms with van der Waals surface area (Å²) < 4.78 is 19.5. The minimum Gasteiger partial charge on any atom is -0.395 e. The van der Waals surface area contributed by atoms with Gasteiger partial charge in [0.25, 0.3) is 11.8 Å². The van der Waals surface area contributed by atoms with Gasteiger partial charge in [0.2, 0.25) is 0 Å². The van der Waals surface area contributed by atoms with Crippen molar-refractivity contribution in [2.75, 3.05) is 45.2 Å². The minimum atomic E-state index is -2.11. The lowest BCUT2D eigenvalue weighted by molar-refractivity contribution is -0.121. The van der Waals surface area contributed by atoms with Crippen molar-refractivity contribution in [1.82, 2.24) is 9.80 Å². The van der Waals surface area contributed by atoms with Crippen LogP contribution in [0.25, 0.3) is 0 Å². The highest BCUT2D eigenvalue weighted by molar-refractivity contribution is 7.79. The fraction of sp³-hybridized carbons (Fsp3) is 0.778. The zero-order chi connectivity index (χ0) is 16.3. The number of carbonyl (C=O) groups is 2. The Morgan fingerprint density at radius 1 is 0.952 bits per heavy atom. The fourth-order valence-corrected chi connectivity index (χ4v) is 2.05. The molecule has 0 heterocycles. The van der Waals surface area contributed by atoms with Gasteiger partial charge in [-0.05, 0) is 0 Å². The molecule has 0 radical (unpaired) electrons. The summed E-state index contributed by atoms with van der Waals surface area (Å²) in [6, 6.07) is 0. The van der Waals surface area contributed by atoms with E-state index in [0.29, 0.717) is 0 Å². The molecule has 0 spiro atoms. The molecule has 1 unspecified atom stereocenters. The molecule has 0 aliphatic carbocycles. The Bertz CT molecular complexity index is 384. The molecule has 0 aliphatic heterocycles. The Hall–Kier alpha value is -1.47. The maximum Gasteiger partial charge on any atom is 0.300 e. The van der Waals surface area contributed by atoms with Gasteiger partial charge in [-0.3, -0.25) is 19.4 Å².